The van der Waals surface area contributed by atoms with Gasteiger partial charge in [0.15, 0.2) is 11.5 Å². The predicted molar refractivity (Wildman–Crippen MR) is 104 cm³/mol. The van der Waals surface area contributed by atoms with Gasteiger partial charge in [-0.1, -0.05) is 6.07 Å². The van der Waals surface area contributed by atoms with Gasteiger partial charge in [-0.3, -0.25) is 4.79 Å². The number of ether oxygens (including phenoxy) is 2. The molecule has 27 heavy (non-hydrogen) atoms. The van der Waals surface area contributed by atoms with Gasteiger partial charge in [0, 0.05) is 10.9 Å². The van der Waals surface area contributed by atoms with Crippen molar-refractivity contribution in [2.24, 2.45) is 0 Å². The number of hydrogen-bond acceptors (Lipinski definition) is 5. The van der Waals surface area contributed by atoms with Crippen LogP contribution in [0.15, 0.2) is 41.8 Å². The Labute approximate surface area is 160 Å². The predicted octanol–water partition coefficient (Wildman–Crippen LogP) is 4.46. The third-order valence-electron chi connectivity index (χ3n) is 3.92. The largest absolute Gasteiger partial charge is 0.493 e. The van der Waals surface area contributed by atoms with Crippen molar-refractivity contribution < 1.29 is 18.7 Å². The zero-order chi connectivity index (χ0) is 19.4. The van der Waals surface area contributed by atoms with Gasteiger partial charge in [0.05, 0.1) is 32.0 Å². The molecule has 3 aromatic rings. The molecule has 2 aromatic carbocycles. The van der Waals surface area contributed by atoms with E-state index in [4.69, 9.17) is 9.47 Å². The summed E-state index contributed by atoms with van der Waals surface area (Å²) in [4.78, 5) is 16.7. The fourth-order valence-electron chi connectivity index (χ4n) is 2.58. The van der Waals surface area contributed by atoms with Crippen molar-refractivity contribution in [2.75, 3.05) is 19.5 Å². The highest BCUT2D eigenvalue weighted by Crippen LogP contribution is 2.33. The topological polar surface area (TPSA) is 60.5 Å². The number of rotatable bonds is 6. The van der Waals surface area contributed by atoms with Crippen LogP contribution in [0.3, 0.4) is 0 Å². The minimum Gasteiger partial charge on any atom is -0.493 e. The Balaban J connectivity index is 1.72. The molecule has 1 heterocycles. The van der Waals surface area contributed by atoms with Gasteiger partial charge >= 0.3 is 0 Å². The normalized spacial score (nSPS) is 10.5. The lowest BCUT2D eigenvalue weighted by Gasteiger charge is -2.08. The fourth-order valence-corrected chi connectivity index (χ4v) is 3.40. The van der Waals surface area contributed by atoms with Crippen molar-refractivity contribution in [2.45, 2.75) is 13.3 Å². The van der Waals surface area contributed by atoms with Crippen LogP contribution in [0.25, 0.3) is 10.6 Å². The van der Waals surface area contributed by atoms with Crippen LogP contribution in [-0.2, 0) is 11.2 Å². The van der Waals surface area contributed by atoms with E-state index in [1.807, 2.05) is 30.5 Å². The van der Waals surface area contributed by atoms with Gasteiger partial charge < -0.3 is 14.8 Å². The Hall–Kier alpha value is -2.93. The lowest BCUT2D eigenvalue weighted by molar-refractivity contribution is -0.115. The second kappa shape index (κ2) is 8.18. The minimum absolute atomic E-state index is 0.0666. The monoisotopic (exact) mass is 386 g/mol. The summed E-state index contributed by atoms with van der Waals surface area (Å²) in [6.07, 6.45) is 0.0666. The molecule has 1 N–H and O–H groups in total. The third kappa shape index (κ3) is 4.43. The van der Waals surface area contributed by atoms with Gasteiger partial charge in [0.1, 0.15) is 10.8 Å². The number of aromatic nitrogens is 1. The van der Waals surface area contributed by atoms with Gasteiger partial charge in [0.2, 0.25) is 5.91 Å². The average molecular weight is 386 g/mol. The highest BCUT2D eigenvalue weighted by Gasteiger charge is 2.13. The summed E-state index contributed by atoms with van der Waals surface area (Å²) in [7, 11) is 3.15. The first-order chi connectivity index (χ1) is 13.0. The number of methoxy groups -OCH3 is 2. The lowest BCUT2D eigenvalue weighted by atomic mass is 10.2. The van der Waals surface area contributed by atoms with Crippen molar-refractivity contribution in [3.05, 3.63) is 58.9 Å². The summed E-state index contributed by atoms with van der Waals surface area (Å²) in [6.45, 7) is 1.84. The molecule has 5 nitrogen and oxygen atoms in total. The summed E-state index contributed by atoms with van der Waals surface area (Å²) < 4.78 is 24.3. The molecule has 0 spiro atoms. The van der Waals surface area contributed by atoms with E-state index >= 15 is 0 Å². The zero-order valence-corrected chi connectivity index (χ0v) is 16.0. The highest BCUT2D eigenvalue weighted by atomic mass is 32.1. The molecule has 0 unspecified atom stereocenters. The molecule has 1 amide bonds. The Bertz CT molecular complexity index is 972. The maximum Gasteiger partial charge on any atom is 0.230 e. The molecule has 0 aliphatic heterocycles. The Kier molecular flexibility index (Phi) is 5.71. The fraction of sp³-hybridized carbons (Fsp3) is 0.200. The lowest BCUT2D eigenvalue weighted by Crippen LogP contribution is -2.15. The Morgan fingerprint density at radius 1 is 1.15 bits per heavy atom. The number of nitrogens with zero attached hydrogens (tertiary/aromatic N) is 1. The van der Waals surface area contributed by atoms with E-state index in [1.54, 1.807) is 26.4 Å². The molecular weight excluding hydrogens is 367 g/mol. The van der Waals surface area contributed by atoms with Gasteiger partial charge in [-0.15, -0.1) is 11.3 Å². The summed E-state index contributed by atoms with van der Waals surface area (Å²) in [5, 5.41) is 5.18. The van der Waals surface area contributed by atoms with E-state index in [2.05, 4.69) is 10.3 Å². The molecule has 0 bridgehead atoms. The van der Waals surface area contributed by atoms with Crippen molar-refractivity contribution in [1.82, 2.24) is 4.98 Å². The van der Waals surface area contributed by atoms with Crippen LogP contribution in [0.2, 0.25) is 0 Å². The average Bonchev–Trinajstić information content (AvgIpc) is 3.12. The molecule has 7 heteroatoms. The second-order valence-electron chi connectivity index (χ2n) is 5.92. The molecule has 140 valence electrons. The van der Waals surface area contributed by atoms with E-state index < -0.39 is 5.82 Å². The molecule has 0 radical (unpaired) electrons. The quantitative estimate of drug-likeness (QED) is 0.680. The second-order valence-corrected chi connectivity index (χ2v) is 6.78. The summed E-state index contributed by atoms with van der Waals surface area (Å²) >= 11 is 1.43. The maximum absolute atomic E-state index is 13.8. The number of thiazole rings is 1. The minimum atomic E-state index is -0.460. The van der Waals surface area contributed by atoms with Crippen LogP contribution < -0.4 is 14.8 Å². The molecule has 0 aliphatic rings. The number of carbonyl (C=O) groups excluding carboxylic acids is 1. The van der Waals surface area contributed by atoms with Gasteiger partial charge in [-0.2, -0.15) is 0 Å². The number of carbonyl (C=O) groups is 1. The summed E-state index contributed by atoms with van der Waals surface area (Å²) in [6, 6.07) is 10.1. The number of benzene rings is 2. The van der Waals surface area contributed by atoms with E-state index in [-0.39, 0.29) is 18.0 Å². The molecule has 0 aliphatic carbocycles. The van der Waals surface area contributed by atoms with Crippen molar-refractivity contribution in [1.29, 1.82) is 0 Å². The van der Waals surface area contributed by atoms with Crippen molar-refractivity contribution in [3.8, 4) is 22.1 Å². The smallest absolute Gasteiger partial charge is 0.230 e. The number of anilines is 1. The number of aryl methyl sites for hydroxylation is 1. The molecular formula is C20H19FN2O3S. The van der Waals surface area contributed by atoms with Crippen LogP contribution in [0.5, 0.6) is 11.5 Å². The van der Waals surface area contributed by atoms with E-state index in [0.717, 1.165) is 16.1 Å². The highest BCUT2D eigenvalue weighted by molar-refractivity contribution is 7.13. The van der Waals surface area contributed by atoms with Gasteiger partial charge in [0.25, 0.3) is 0 Å². The summed E-state index contributed by atoms with van der Waals surface area (Å²) in [5.74, 6) is 0.471. The van der Waals surface area contributed by atoms with Crippen LogP contribution in [0.4, 0.5) is 10.1 Å². The van der Waals surface area contributed by atoms with Crippen LogP contribution in [0.1, 0.15) is 11.3 Å². The van der Waals surface area contributed by atoms with Gasteiger partial charge in [-0.25, -0.2) is 9.37 Å². The number of hydrogen-bond donors (Lipinski definition) is 1. The standard InChI is InChI=1S/C20H19FN2O3S/c1-12-4-6-15(21)16(8-12)23-19(24)10-14-11-27-20(22-14)13-5-7-17(25-2)18(9-13)26-3/h4-9,11H,10H2,1-3H3,(H,23,24). The summed E-state index contributed by atoms with van der Waals surface area (Å²) in [5.41, 5.74) is 2.54. The number of halogens is 1. The number of nitrogens with one attached hydrogen (secondary N) is 1. The third-order valence-corrected chi connectivity index (χ3v) is 4.86. The molecule has 0 fully saturated rings. The van der Waals surface area contributed by atoms with Gasteiger partial charge in [-0.05, 0) is 42.8 Å². The Morgan fingerprint density at radius 2 is 1.93 bits per heavy atom. The molecule has 3 rings (SSSR count). The van der Waals surface area contributed by atoms with Crippen LogP contribution in [-0.4, -0.2) is 25.1 Å². The van der Waals surface area contributed by atoms with E-state index in [9.17, 15) is 9.18 Å². The molecule has 0 saturated carbocycles. The Morgan fingerprint density at radius 3 is 2.67 bits per heavy atom. The maximum atomic E-state index is 13.8. The van der Waals surface area contributed by atoms with Crippen LogP contribution >= 0.6 is 11.3 Å². The SMILES string of the molecule is COc1ccc(-c2nc(CC(=O)Nc3cc(C)ccc3F)cs2)cc1OC. The van der Waals surface area contributed by atoms with E-state index in [0.29, 0.717) is 17.2 Å². The first-order valence-electron chi connectivity index (χ1n) is 8.23. The molecule has 0 atom stereocenters. The molecule has 1 aromatic heterocycles. The zero-order valence-electron chi connectivity index (χ0n) is 15.2. The van der Waals surface area contributed by atoms with Crippen molar-refractivity contribution >= 4 is 22.9 Å². The number of amides is 1. The van der Waals surface area contributed by atoms with E-state index in [1.165, 1.54) is 17.4 Å². The van der Waals surface area contributed by atoms with Crippen LogP contribution in [0, 0.1) is 12.7 Å². The first kappa shape index (κ1) is 18.8. The van der Waals surface area contributed by atoms with Crippen molar-refractivity contribution in [3.63, 3.8) is 0 Å². The molecule has 0 saturated heterocycles. The first-order valence-corrected chi connectivity index (χ1v) is 9.11.